The molecule has 0 aromatic rings. The largest absolute Gasteiger partial charge is 0.270 e. The lowest BCUT2D eigenvalue weighted by Gasteiger charge is -2.14. The highest BCUT2D eigenvalue weighted by Gasteiger charge is 2.10. The van der Waals surface area contributed by atoms with Crippen molar-refractivity contribution < 1.29 is 0 Å². The van der Waals surface area contributed by atoms with Gasteiger partial charge in [-0.15, -0.1) is 0 Å². The molecule has 1 unspecified atom stereocenters. The molecular weight excluding hydrogens is 112 g/mol. The number of aliphatic imine (C=N–C) groups is 2. The molecule has 0 amide bonds. The lowest BCUT2D eigenvalue weighted by Crippen LogP contribution is -2.15. The summed E-state index contributed by atoms with van der Waals surface area (Å²) in [6, 6.07) is 0.475. The molecule has 0 aliphatic carbocycles. The fourth-order valence-electron chi connectivity index (χ4n) is 0.845. The number of rotatable bonds is 1. The molecule has 2 heteroatoms. The van der Waals surface area contributed by atoms with E-state index in [1.54, 1.807) is 6.34 Å². The van der Waals surface area contributed by atoms with Crippen LogP contribution < -0.4 is 0 Å². The first-order valence-corrected chi connectivity index (χ1v) is 3.34. The van der Waals surface area contributed by atoms with Crippen molar-refractivity contribution in [3.05, 3.63) is 0 Å². The number of hydrogen-bond acceptors (Lipinski definition) is 2. The molecule has 0 aromatic carbocycles. The molecule has 0 N–H and O–H groups in total. The Morgan fingerprint density at radius 1 is 1.56 bits per heavy atom. The topological polar surface area (TPSA) is 24.7 Å². The monoisotopic (exact) mass is 124 g/mol. The molecule has 2 nitrogen and oxygen atoms in total. The minimum Gasteiger partial charge on any atom is -0.270 e. The summed E-state index contributed by atoms with van der Waals surface area (Å²) in [6.45, 7) is 4.36. The van der Waals surface area contributed by atoms with Gasteiger partial charge < -0.3 is 0 Å². The second-order valence-corrected chi connectivity index (χ2v) is 2.64. The van der Waals surface area contributed by atoms with Gasteiger partial charge in [-0.3, -0.25) is 4.99 Å². The van der Waals surface area contributed by atoms with E-state index in [9.17, 15) is 0 Å². The maximum Gasteiger partial charge on any atom is 0.109 e. The Hall–Kier alpha value is -0.660. The van der Waals surface area contributed by atoms with Crippen molar-refractivity contribution in [3.63, 3.8) is 0 Å². The van der Waals surface area contributed by atoms with Crippen LogP contribution in [0.5, 0.6) is 0 Å². The van der Waals surface area contributed by atoms with Crippen molar-refractivity contribution in [3.8, 4) is 0 Å². The average molecular weight is 124 g/mol. The molecule has 0 fully saturated rings. The van der Waals surface area contributed by atoms with Crippen molar-refractivity contribution >= 4 is 12.6 Å². The molecule has 0 saturated carbocycles. The molecule has 0 spiro atoms. The first-order chi connectivity index (χ1) is 4.30. The summed E-state index contributed by atoms with van der Waals surface area (Å²) in [5.74, 6) is 0.646. The average Bonchev–Trinajstić information content (AvgIpc) is 1.90. The molecule has 50 valence electrons. The zero-order valence-electron chi connectivity index (χ0n) is 5.91. The number of hydrogen-bond donors (Lipinski definition) is 0. The minimum absolute atomic E-state index is 0.475. The Balaban J connectivity index is 2.46. The van der Waals surface area contributed by atoms with Crippen LogP contribution in [0.1, 0.15) is 20.3 Å². The van der Waals surface area contributed by atoms with E-state index in [0.29, 0.717) is 12.0 Å². The van der Waals surface area contributed by atoms with Gasteiger partial charge in [-0.1, -0.05) is 13.8 Å². The second kappa shape index (κ2) is 2.76. The van der Waals surface area contributed by atoms with Gasteiger partial charge in [0.05, 0.1) is 6.04 Å². The van der Waals surface area contributed by atoms with Crippen molar-refractivity contribution in [1.82, 2.24) is 0 Å². The summed E-state index contributed by atoms with van der Waals surface area (Å²) in [4.78, 5) is 8.10. The molecule has 1 rings (SSSR count). The third-order valence-electron chi connectivity index (χ3n) is 1.55. The van der Waals surface area contributed by atoms with Gasteiger partial charge in [0.1, 0.15) is 6.34 Å². The van der Waals surface area contributed by atoms with E-state index >= 15 is 0 Å². The highest BCUT2D eigenvalue weighted by atomic mass is 14.9. The van der Waals surface area contributed by atoms with Gasteiger partial charge in [-0.05, 0) is 5.92 Å². The Morgan fingerprint density at radius 2 is 2.33 bits per heavy atom. The molecule has 1 atom stereocenters. The predicted octanol–water partition coefficient (Wildman–Crippen LogP) is 1.51. The van der Waals surface area contributed by atoms with Gasteiger partial charge in [0.15, 0.2) is 0 Å². The van der Waals surface area contributed by atoms with Crippen LogP contribution in [0.2, 0.25) is 0 Å². The third-order valence-corrected chi connectivity index (χ3v) is 1.55. The summed E-state index contributed by atoms with van der Waals surface area (Å²) in [6.07, 6.45) is 4.58. The molecule has 1 heterocycles. The van der Waals surface area contributed by atoms with Crippen molar-refractivity contribution in [1.29, 1.82) is 0 Å². The van der Waals surface area contributed by atoms with Crippen LogP contribution in [-0.4, -0.2) is 18.6 Å². The van der Waals surface area contributed by atoms with E-state index in [1.165, 1.54) is 0 Å². The summed E-state index contributed by atoms with van der Waals surface area (Å²) < 4.78 is 0. The molecular formula is C7H12N2. The molecule has 0 bridgehead atoms. The zero-order chi connectivity index (χ0) is 6.69. The van der Waals surface area contributed by atoms with Crippen molar-refractivity contribution in [2.24, 2.45) is 15.9 Å². The molecule has 0 aromatic heterocycles. The smallest absolute Gasteiger partial charge is 0.109 e. The van der Waals surface area contributed by atoms with Gasteiger partial charge in [0.25, 0.3) is 0 Å². The minimum atomic E-state index is 0.475. The van der Waals surface area contributed by atoms with E-state index in [-0.39, 0.29) is 0 Å². The lowest BCUT2D eigenvalue weighted by atomic mass is 10.0. The van der Waals surface area contributed by atoms with Gasteiger partial charge >= 0.3 is 0 Å². The summed E-state index contributed by atoms with van der Waals surface area (Å²) in [5.41, 5.74) is 0. The quantitative estimate of drug-likeness (QED) is 0.506. The standard InChI is InChI=1S/C7H12N2/c1-6(2)7-3-4-8-5-9-7/h4-7H,3H2,1-2H3. The van der Waals surface area contributed by atoms with Crippen LogP contribution in [0.15, 0.2) is 9.98 Å². The Kier molecular flexibility index (Phi) is 1.98. The van der Waals surface area contributed by atoms with E-state index in [2.05, 4.69) is 23.8 Å². The van der Waals surface area contributed by atoms with Crippen molar-refractivity contribution in [2.45, 2.75) is 26.3 Å². The first-order valence-electron chi connectivity index (χ1n) is 3.34. The normalized spacial score (nSPS) is 25.4. The highest BCUT2D eigenvalue weighted by molar-refractivity contribution is 5.75. The Bertz CT molecular complexity index is 136. The van der Waals surface area contributed by atoms with E-state index < -0.39 is 0 Å². The van der Waals surface area contributed by atoms with Crippen LogP contribution in [-0.2, 0) is 0 Å². The van der Waals surface area contributed by atoms with Gasteiger partial charge in [0, 0.05) is 12.6 Å². The van der Waals surface area contributed by atoms with Gasteiger partial charge in [-0.25, -0.2) is 4.99 Å². The summed E-state index contributed by atoms with van der Waals surface area (Å²) in [7, 11) is 0. The van der Waals surface area contributed by atoms with Crippen LogP contribution >= 0.6 is 0 Å². The Morgan fingerprint density at radius 3 is 2.67 bits per heavy atom. The SMILES string of the molecule is CC(C)C1CC=NC=N1. The van der Waals surface area contributed by atoms with Crippen LogP contribution in [0, 0.1) is 5.92 Å². The molecule has 1 aliphatic heterocycles. The van der Waals surface area contributed by atoms with E-state index in [4.69, 9.17) is 0 Å². The van der Waals surface area contributed by atoms with E-state index in [1.807, 2.05) is 6.21 Å². The summed E-state index contributed by atoms with van der Waals surface area (Å²) >= 11 is 0. The highest BCUT2D eigenvalue weighted by Crippen LogP contribution is 2.10. The zero-order valence-corrected chi connectivity index (χ0v) is 5.91. The van der Waals surface area contributed by atoms with E-state index in [0.717, 1.165) is 6.42 Å². The molecule has 9 heavy (non-hydrogen) atoms. The molecule has 1 aliphatic rings. The fraction of sp³-hybridized carbons (Fsp3) is 0.714. The van der Waals surface area contributed by atoms with Crippen LogP contribution in [0.4, 0.5) is 0 Å². The van der Waals surface area contributed by atoms with Crippen molar-refractivity contribution in [2.75, 3.05) is 0 Å². The number of nitrogens with zero attached hydrogens (tertiary/aromatic N) is 2. The maximum absolute atomic E-state index is 4.21. The fourth-order valence-corrected chi connectivity index (χ4v) is 0.845. The lowest BCUT2D eigenvalue weighted by molar-refractivity contribution is 0.510. The maximum atomic E-state index is 4.21. The first kappa shape index (κ1) is 6.46. The molecule has 0 radical (unpaired) electrons. The Labute approximate surface area is 55.7 Å². The van der Waals surface area contributed by atoms with Crippen LogP contribution in [0.3, 0.4) is 0 Å². The second-order valence-electron chi connectivity index (χ2n) is 2.64. The predicted molar refractivity (Wildman–Crippen MR) is 40.2 cm³/mol. The molecule has 0 saturated heterocycles. The third kappa shape index (κ3) is 1.63. The van der Waals surface area contributed by atoms with Gasteiger partial charge in [0.2, 0.25) is 0 Å². The van der Waals surface area contributed by atoms with Crippen LogP contribution in [0.25, 0.3) is 0 Å². The van der Waals surface area contributed by atoms with Gasteiger partial charge in [-0.2, -0.15) is 0 Å². The summed E-state index contributed by atoms with van der Waals surface area (Å²) in [5, 5.41) is 0.